The summed E-state index contributed by atoms with van der Waals surface area (Å²) in [6.45, 7) is 0. The molecule has 0 amide bonds. The Morgan fingerprint density at radius 2 is 1.50 bits per heavy atom. The fourth-order valence-corrected chi connectivity index (χ4v) is 4.13. The fraction of sp³-hybridized carbons (Fsp3) is 0.500. The molecule has 2 aromatic rings. The van der Waals surface area contributed by atoms with E-state index in [1.54, 1.807) is 11.1 Å². The maximum Gasteiger partial charge on any atom is 0.0441 e. The number of pyridine rings is 2. The number of rotatable bonds is 0. The van der Waals surface area contributed by atoms with E-state index < -0.39 is 0 Å². The highest BCUT2D eigenvalue weighted by Crippen LogP contribution is 2.28. The molecule has 0 atom stereocenters. The molecule has 0 bridgehead atoms. The molecule has 22 heavy (non-hydrogen) atoms. The molecule has 0 aromatic carbocycles. The summed E-state index contributed by atoms with van der Waals surface area (Å²) in [6.07, 6.45) is 18.6. The first kappa shape index (κ1) is 13.9. The minimum Gasteiger partial charge on any atom is -0.264 e. The van der Waals surface area contributed by atoms with E-state index in [4.69, 9.17) is 4.98 Å². The molecule has 0 saturated heterocycles. The highest BCUT2D eigenvalue weighted by Gasteiger charge is 2.18. The van der Waals surface area contributed by atoms with E-state index in [2.05, 4.69) is 23.4 Å². The Labute approximate surface area is 133 Å². The number of nitrogens with zero attached hydrogens (tertiary/aromatic N) is 2. The number of aromatic nitrogens is 2. The summed E-state index contributed by atoms with van der Waals surface area (Å²) in [7, 11) is 0. The number of hydrogen-bond acceptors (Lipinski definition) is 2. The van der Waals surface area contributed by atoms with Gasteiger partial charge in [-0.25, -0.2) is 0 Å². The molecular formula is C20H24N2. The van der Waals surface area contributed by atoms with Gasteiger partial charge in [0.25, 0.3) is 0 Å². The highest BCUT2D eigenvalue weighted by atomic mass is 14.7. The summed E-state index contributed by atoms with van der Waals surface area (Å²) in [5, 5.41) is 0. The second-order valence-electron chi connectivity index (χ2n) is 6.75. The van der Waals surface area contributed by atoms with E-state index in [0.717, 1.165) is 25.7 Å². The third kappa shape index (κ3) is 2.67. The van der Waals surface area contributed by atoms with Gasteiger partial charge >= 0.3 is 0 Å². The highest BCUT2D eigenvalue weighted by molar-refractivity contribution is 5.40. The third-order valence-electron chi connectivity index (χ3n) is 5.38. The van der Waals surface area contributed by atoms with Gasteiger partial charge in [-0.3, -0.25) is 9.97 Å². The summed E-state index contributed by atoms with van der Waals surface area (Å²) < 4.78 is 0. The molecule has 2 heterocycles. The predicted octanol–water partition coefficient (Wildman–Crippen LogP) is 4.02. The van der Waals surface area contributed by atoms with Gasteiger partial charge in [0.15, 0.2) is 0 Å². The standard InChI is InChI=1S/C20H24N2/c1-2-4-6-18-17(5-3-1)14-22-20-10-8-15-11-12-21-13-16(15)7-9-19(18)20/h11-14H,1-10H2. The zero-order chi connectivity index (χ0) is 14.8. The SMILES string of the molecule is c1cc2c(cn1)CCc1c(ncc3c1CCCCCC3)CC2. The van der Waals surface area contributed by atoms with Crippen molar-refractivity contribution in [3.63, 3.8) is 0 Å². The van der Waals surface area contributed by atoms with Crippen LogP contribution in [-0.2, 0) is 38.5 Å². The molecule has 0 unspecified atom stereocenters. The van der Waals surface area contributed by atoms with Crippen LogP contribution in [0.2, 0.25) is 0 Å². The van der Waals surface area contributed by atoms with Gasteiger partial charge in [0.05, 0.1) is 0 Å². The molecule has 0 spiro atoms. The molecule has 0 aliphatic heterocycles. The third-order valence-corrected chi connectivity index (χ3v) is 5.38. The quantitative estimate of drug-likeness (QED) is 0.733. The first-order valence-corrected chi connectivity index (χ1v) is 8.82. The van der Waals surface area contributed by atoms with Crippen molar-refractivity contribution in [2.24, 2.45) is 0 Å². The smallest absolute Gasteiger partial charge is 0.0441 e. The van der Waals surface area contributed by atoms with Gasteiger partial charge in [-0.05, 0) is 85.3 Å². The zero-order valence-electron chi connectivity index (χ0n) is 13.3. The van der Waals surface area contributed by atoms with Gasteiger partial charge < -0.3 is 0 Å². The molecule has 0 saturated carbocycles. The average Bonchev–Trinajstić information content (AvgIpc) is 2.50. The van der Waals surface area contributed by atoms with E-state index in [1.807, 2.05) is 6.20 Å². The Hall–Kier alpha value is -1.70. The Kier molecular flexibility index (Phi) is 3.92. The summed E-state index contributed by atoms with van der Waals surface area (Å²) in [6, 6.07) is 2.19. The van der Waals surface area contributed by atoms with Crippen LogP contribution < -0.4 is 0 Å². The lowest BCUT2D eigenvalue weighted by Crippen LogP contribution is -2.14. The van der Waals surface area contributed by atoms with Crippen LogP contribution >= 0.6 is 0 Å². The molecule has 2 aliphatic rings. The van der Waals surface area contributed by atoms with Crippen molar-refractivity contribution in [3.05, 3.63) is 58.2 Å². The zero-order valence-corrected chi connectivity index (χ0v) is 13.3. The second-order valence-corrected chi connectivity index (χ2v) is 6.75. The van der Waals surface area contributed by atoms with Crippen molar-refractivity contribution in [3.8, 4) is 0 Å². The average molecular weight is 292 g/mol. The predicted molar refractivity (Wildman–Crippen MR) is 89.2 cm³/mol. The second kappa shape index (κ2) is 6.20. The van der Waals surface area contributed by atoms with Gasteiger partial charge in [-0.2, -0.15) is 0 Å². The molecule has 0 radical (unpaired) electrons. The first-order valence-electron chi connectivity index (χ1n) is 8.82. The molecule has 114 valence electrons. The Balaban J connectivity index is 1.71. The maximum atomic E-state index is 4.86. The van der Waals surface area contributed by atoms with Gasteiger partial charge in [-0.15, -0.1) is 0 Å². The van der Waals surface area contributed by atoms with Crippen LogP contribution in [-0.4, -0.2) is 9.97 Å². The van der Waals surface area contributed by atoms with Crippen LogP contribution in [0.25, 0.3) is 0 Å². The van der Waals surface area contributed by atoms with Crippen LogP contribution in [0.15, 0.2) is 24.7 Å². The molecule has 2 heteroatoms. The number of hydrogen-bond donors (Lipinski definition) is 0. The molecule has 2 aliphatic carbocycles. The summed E-state index contributed by atoms with van der Waals surface area (Å²) in [5.41, 5.74) is 9.03. The van der Waals surface area contributed by atoms with E-state index in [1.165, 1.54) is 60.9 Å². The van der Waals surface area contributed by atoms with Crippen LogP contribution in [0.5, 0.6) is 0 Å². The lowest BCUT2D eigenvalue weighted by atomic mass is 9.85. The normalized spacial score (nSPS) is 18.0. The van der Waals surface area contributed by atoms with E-state index >= 15 is 0 Å². The largest absolute Gasteiger partial charge is 0.264 e. The summed E-state index contributed by atoms with van der Waals surface area (Å²) in [5.74, 6) is 0. The molecule has 2 nitrogen and oxygen atoms in total. The van der Waals surface area contributed by atoms with Gasteiger partial charge in [0, 0.05) is 24.3 Å². The lowest BCUT2D eigenvalue weighted by molar-refractivity contribution is 0.609. The topological polar surface area (TPSA) is 25.8 Å². The van der Waals surface area contributed by atoms with Gasteiger partial charge in [0.1, 0.15) is 0 Å². The lowest BCUT2D eigenvalue weighted by Gasteiger charge is -2.22. The van der Waals surface area contributed by atoms with Crippen molar-refractivity contribution in [2.75, 3.05) is 0 Å². The first-order chi connectivity index (χ1) is 10.9. The van der Waals surface area contributed by atoms with E-state index in [9.17, 15) is 0 Å². The van der Waals surface area contributed by atoms with Gasteiger partial charge in [0.2, 0.25) is 0 Å². The molecule has 0 N–H and O–H groups in total. The summed E-state index contributed by atoms with van der Waals surface area (Å²) in [4.78, 5) is 9.19. The molecule has 4 rings (SSSR count). The number of aryl methyl sites for hydroxylation is 4. The van der Waals surface area contributed by atoms with E-state index in [0.29, 0.717) is 0 Å². The van der Waals surface area contributed by atoms with Crippen LogP contribution in [0.4, 0.5) is 0 Å². The minimum atomic E-state index is 1.08. The van der Waals surface area contributed by atoms with Crippen molar-refractivity contribution in [2.45, 2.75) is 64.2 Å². The van der Waals surface area contributed by atoms with Crippen molar-refractivity contribution >= 4 is 0 Å². The van der Waals surface area contributed by atoms with Crippen LogP contribution in [0, 0.1) is 0 Å². The molecule has 0 fully saturated rings. The Bertz CT molecular complexity index is 675. The van der Waals surface area contributed by atoms with Gasteiger partial charge in [-0.1, -0.05) is 12.8 Å². The van der Waals surface area contributed by atoms with Crippen molar-refractivity contribution in [1.29, 1.82) is 0 Å². The van der Waals surface area contributed by atoms with Crippen LogP contribution in [0.3, 0.4) is 0 Å². The molecular weight excluding hydrogens is 268 g/mol. The fourth-order valence-electron chi connectivity index (χ4n) is 4.13. The summed E-state index contributed by atoms with van der Waals surface area (Å²) >= 11 is 0. The van der Waals surface area contributed by atoms with Crippen molar-refractivity contribution in [1.82, 2.24) is 9.97 Å². The minimum absolute atomic E-state index is 1.08. The Morgan fingerprint density at radius 1 is 0.636 bits per heavy atom. The van der Waals surface area contributed by atoms with Crippen molar-refractivity contribution < 1.29 is 0 Å². The number of fused-ring (bicyclic) bond motifs is 4. The van der Waals surface area contributed by atoms with Crippen LogP contribution in [0.1, 0.15) is 59.2 Å². The van der Waals surface area contributed by atoms with E-state index in [-0.39, 0.29) is 0 Å². The monoisotopic (exact) mass is 292 g/mol. The Morgan fingerprint density at radius 3 is 2.45 bits per heavy atom. The molecule has 2 aromatic heterocycles. The maximum absolute atomic E-state index is 4.86.